The minimum atomic E-state index is 0.0600. The van der Waals surface area contributed by atoms with Crippen molar-refractivity contribution in [1.82, 2.24) is 9.97 Å². The van der Waals surface area contributed by atoms with Crippen molar-refractivity contribution in [3.63, 3.8) is 0 Å². The fourth-order valence-corrected chi connectivity index (χ4v) is 5.85. The van der Waals surface area contributed by atoms with E-state index in [2.05, 4.69) is 19.2 Å². The molecule has 0 radical (unpaired) electrons. The lowest BCUT2D eigenvalue weighted by atomic mass is 9.89. The largest absolute Gasteiger partial charge is 0.467 e. The molecule has 1 aliphatic carbocycles. The van der Waals surface area contributed by atoms with Gasteiger partial charge in [0.15, 0.2) is 5.82 Å². The van der Waals surface area contributed by atoms with Gasteiger partial charge >= 0.3 is 0 Å². The van der Waals surface area contributed by atoms with Crippen LogP contribution in [0.2, 0.25) is 0 Å². The van der Waals surface area contributed by atoms with Gasteiger partial charge in [-0.3, -0.25) is 0 Å². The Morgan fingerprint density at radius 1 is 1.31 bits per heavy atom. The van der Waals surface area contributed by atoms with Gasteiger partial charge in [0, 0.05) is 4.88 Å². The van der Waals surface area contributed by atoms with Gasteiger partial charge in [-0.25, -0.2) is 9.97 Å². The zero-order valence-corrected chi connectivity index (χ0v) is 18.0. The topological polar surface area (TPSA) is 64.6 Å². The first-order valence-corrected chi connectivity index (χ1v) is 11.5. The molecule has 0 bridgehead atoms. The zero-order valence-electron chi connectivity index (χ0n) is 17.2. The van der Waals surface area contributed by atoms with Gasteiger partial charge in [0.2, 0.25) is 0 Å². The van der Waals surface area contributed by atoms with Crippen LogP contribution in [0.5, 0.6) is 0 Å². The Kier molecular flexibility index (Phi) is 5.28. The zero-order chi connectivity index (χ0) is 19.8. The fraction of sp³-hybridized carbons (Fsp3) is 0.545. The SMILES string of the molecule is C[C@H]1CCc2c(sc3nc(C[NH+]4CCOCC4)nc(N[C@H](C)c4ccco4)c23)C1. The van der Waals surface area contributed by atoms with Crippen molar-refractivity contribution in [3.05, 3.63) is 40.4 Å². The third-order valence-electron chi connectivity index (χ3n) is 6.13. The number of hydrogen-bond acceptors (Lipinski definition) is 6. The van der Waals surface area contributed by atoms with Crippen LogP contribution in [0.15, 0.2) is 22.8 Å². The molecule has 2 atom stereocenters. The van der Waals surface area contributed by atoms with Gasteiger partial charge in [-0.05, 0) is 49.8 Å². The van der Waals surface area contributed by atoms with Gasteiger partial charge < -0.3 is 19.4 Å². The molecule has 0 unspecified atom stereocenters. The summed E-state index contributed by atoms with van der Waals surface area (Å²) >= 11 is 1.87. The highest BCUT2D eigenvalue weighted by Crippen LogP contribution is 2.40. The van der Waals surface area contributed by atoms with E-state index in [1.165, 1.54) is 27.1 Å². The number of nitrogens with one attached hydrogen (secondary N) is 2. The summed E-state index contributed by atoms with van der Waals surface area (Å²) in [7, 11) is 0. The molecular formula is C22H29N4O2S+. The van der Waals surface area contributed by atoms with Gasteiger partial charge in [0.05, 0.1) is 30.9 Å². The minimum Gasteiger partial charge on any atom is -0.467 e. The van der Waals surface area contributed by atoms with Crippen LogP contribution in [0.25, 0.3) is 10.2 Å². The van der Waals surface area contributed by atoms with Gasteiger partial charge in [0.1, 0.15) is 36.0 Å². The lowest BCUT2D eigenvalue weighted by molar-refractivity contribution is -0.922. The Balaban J connectivity index is 1.53. The van der Waals surface area contributed by atoms with Crippen molar-refractivity contribution in [2.45, 2.75) is 45.7 Å². The van der Waals surface area contributed by atoms with Crippen molar-refractivity contribution >= 4 is 27.4 Å². The van der Waals surface area contributed by atoms with E-state index < -0.39 is 0 Å². The number of furan rings is 1. The van der Waals surface area contributed by atoms with E-state index >= 15 is 0 Å². The maximum atomic E-state index is 5.62. The summed E-state index contributed by atoms with van der Waals surface area (Å²) in [5, 5.41) is 4.87. The third kappa shape index (κ3) is 3.91. The van der Waals surface area contributed by atoms with Crippen LogP contribution >= 0.6 is 11.3 Å². The second-order valence-electron chi connectivity index (χ2n) is 8.44. The standard InChI is InChI=1S/C22H28N4O2S/c1-14-5-6-16-18(12-14)29-22-20(16)21(23-15(2)17-4-3-9-28-17)24-19(25-22)13-26-7-10-27-11-8-26/h3-4,9,14-15H,5-8,10-13H2,1-2H3,(H,23,24,25)/p+1/t14-,15+/m0/s1. The molecule has 1 saturated heterocycles. The molecule has 29 heavy (non-hydrogen) atoms. The van der Waals surface area contributed by atoms with Crippen molar-refractivity contribution in [1.29, 1.82) is 0 Å². The molecule has 4 heterocycles. The molecule has 0 amide bonds. The van der Waals surface area contributed by atoms with E-state index in [1.54, 1.807) is 6.26 Å². The van der Waals surface area contributed by atoms with Crippen LogP contribution in [0.1, 0.15) is 48.3 Å². The molecule has 7 heteroatoms. The summed E-state index contributed by atoms with van der Waals surface area (Å²) < 4.78 is 11.1. The normalized spacial score (nSPS) is 21.2. The lowest BCUT2D eigenvalue weighted by Gasteiger charge is -2.23. The summed E-state index contributed by atoms with van der Waals surface area (Å²) in [6, 6.07) is 4.01. The summed E-state index contributed by atoms with van der Waals surface area (Å²) in [4.78, 5) is 14.2. The van der Waals surface area contributed by atoms with Crippen LogP contribution in [-0.2, 0) is 24.1 Å². The number of aryl methyl sites for hydroxylation is 1. The Morgan fingerprint density at radius 2 is 2.17 bits per heavy atom. The number of ether oxygens (including phenoxy) is 1. The molecule has 154 valence electrons. The first-order valence-electron chi connectivity index (χ1n) is 10.7. The molecule has 0 aromatic carbocycles. The summed E-state index contributed by atoms with van der Waals surface area (Å²) in [6.07, 6.45) is 5.25. The van der Waals surface area contributed by atoms with Crippen LogP contribution in [0, 0.1) is 5.92 Å². The predicted octanol–water partition coefficient (Wildman–Crippen LogP) is 3.00. The average Bonchev–Trinajstić information content (AvgIpc) is 3.36. The highest BCUT2D eigenvalue weighted by atomic mass is 32.1. The monoisotopic (exact) mass is 413 g/mol. The average molecular weight is 414 g/mol. The summed E-state index contributed by atoms with van der Waals surface area (Å²) in [6.45, 7) is 9.01. The lowest BCUT2D eigenvalue weighted by Crippen LogP contribution is -3.12. The van der Waals surface area contributed by atoms with Crippen molar-refractivity contribution < 1.29 is 14.1 Å². The van der Waals surface area contributed by atoms with Crippen molar-refractivity contribution in [2.24, 2.45) is 5.92 Å². The highest BCUT2D eigenvalue weighted by molar-refractivity contribution is 7.19. The summed E-state index contributed by atoms with van der Waals surface area (Å²) in [5.41, 5.74) is 1.46. The summed E-state index contributed by atoms with van der Waals surface area (Å²) in [5.74, 6) is 3.57. The van der Waals surface area contributed by atoms with E-state index in [0.29, 0.717) is 0 Å². The number of morpholine rings is 1. The maximum Gasteiger partial charge on any atom is 0.187 e. The number of nitrogens with zero attached hydrogens (tertiary/aromatic N) is 2. The van der Waals surface area contributed by atoms with Gasteiger partial charge in [-0.2, -0.15) is 0 Å². The first-order chi connectivity index (χ1) is 14.2. The van der Waals surface area contributed by atoms with E-state index in [4.69, 9.17) is 19.1 Å². The molecule has 6 nitrogen and oxygen atoms in total. The fourth-order valence-electron chi connectivity index (χ4n) is 4.44. The van der Waals surface area contributed by atoms with E-state index in [9.17, 15) is 0 Å². The Hall–Kier alpha value is -1.96. The smallest absolute Gasteiger partial charge is 0.187 e. The van der Waals surface area contributed by atoms with Crippen molar-refractivity contribution in [3.8, 4) is 0 Å². The van der Waals surface area contributed by atoms with E-state index in [-0.39, 0.29) is 6.04 Å². The number of thiophene rings is 1. The predicted molar refractivity (Wildman–Crippen MR) is 115 cm³/mol. The third-order valence-corrected chi connectivity index (χ3v) is 7.28. The molecule has 2 aliphatic rings. The Morgan fingerprint density at radius 3 is 2.97 bits per heavy atom. The van der Waals surface area contributed by atoms with E-state index in [1.807, 2.05) is 23.5 Å². The number of fused-ring (bicyclic) bond motifs is 3. The van der Waals surface area contributed by atoms with Crippen LogP contribution < -0.4 is 10.2 Å². The molecule has 5 rings (SSSR count). The minimum absolute atomic E-state index is 0.0600. The molecular weight excluding hydrogens is 384 g/mol. The number of quaternary nitrogens is 1. The van der Waals surface area contributed by atoms with Crippen LogP contribution in [-0.4, -0.2) is 36.3 Å². The number of anilines is 1. The molecule has 1 fully saturated rings. The molecule has 0 saturated carbocycles. The van der Waals surface area contributed by atoms with Gasteiger partial charge in [-0.15, -0.1) is 11.3 Å². The molecule has 3 aromatic rings. The second kappa shape index (κ2) is 8.05. The molecule has 3 aromatic heterocycles. The molecule has 0 spiro atoms. The van der Waals surface area contributed by atoms with Crippen LogP contribution in [0.4, 0.5) is 5.82 Å². The van der Waals surface area contributed by atoms with Crippen LogP contribution in [0.3, 0.4) is 0 Å². The first kappa shape index (κ1) is 19.0. The molecule has 1 aliphatic heterocycles. The maximum absolute atomic E-state index is 5.62. The second-order valence-corrected chi connectivity index (χ2v) is 9.52. The highest BCUT2D eigenvalue weighted by Gasteiger charge is 2.26. The quantitative estimate of drug-likeness (QED) is 0.673. The van der Waals surface area contributed by atoms with E-state index in [0.717, 1.165) is 73.8 Å². The Labute approximate surface area is 175 Å². The Bertz CT molecular complexity index is 979. The molecule has 2 N–H and O–H groups in total. The van der Waals surface area contributed by atoms with Crippen molar-refractivity contribution in [2.75, 3.05) is 31.6 Å². The van der Waals surface area contributed by atoms with Gasteiger partial charge in [0.25, 0.3) is 0 Å². The number of hydrogen-bond donors (Lipinski definition) is 2. The number of rotatable bonds is 5. The van der Waals surface area contributed by atoms with Gasteiger partial charge in [-0.1, -0.05) is 6.92 Å². The number of aromatic nitrogens is 2.